The number of nitrogens with one attached hydrogen (secondary N) is 1. The van der Waals surface area contributed by atoms with Gasteiger partial charge in [0.25, 0.3) is 0 Å². The molecule has 2 heterocycles. The van der Waals surface area contributed by atoms with Gasteiger partial charge in [-0.1, -0.05) is 0 Å². The Labute approximate surface area is 99.9 Å². The molecule has 2 N–H and O–H groups in total. The number of aromatic nitrogens is 1. The fourth-order valence-corrected chi connectivity index (χ4v) is 1.69. The second-order valence-electron chi connectivity index (χ2n) is 3.42. The second-order valence-corrected chi connectivity index (χ2v) is 3.42. The molecule has 1 saturated heterocycles. The van der Waals surface area contributed by atoms with E-state index >= 15 is 0 Å². The lowest BCUT2D eigenvalue weighted by Crippen LogP contribution is -2.44. The summed E-state index contributed by atoms with van der Waals surface area (Å²) in [6.07, 6.45) is 1.63. The number of hydrogen-bond donors (Lipinski definition) is 2. The van der Waals surface area contributed by atoms with Crippen LogP contribution >= 0.6 is 12.4 Å². The first-order chi connectivity index (χ1) is 7.29. The van der Waals surface area contributed by atoms with Crippen LogP contribution in [0.5, 0.6) is 0 Å². The van der Waals surface area contributed by atoms with Gasteiger partial charge < -0.3 is 15.3 Å². The molecule has 1 fully saturated rings. The van der Waals surface area contributed by atoms with Crippen LogP contribution < -0.4 is 10.2 Å². The minimum Gasteiger partial charge on any atom is -0.478 e. The molecule has 88 valence electrons. The molecule has 1 aromatic heterocycles. The van der Waals surface area contributed by atoms with E-state index in [0.29, 0.717) is 5.82 Å². The summed E-state index contributed by atoms with van der Waals surface area (Å²) in [5.41, 5.74) is 0.277. The second kappa shape index (κ2) is 5.67. The number of nitrogens with zero attached hydrogens (tertiary/aromatic N) is 2. The molecule has 0 aliphatic carbocycles. The zero-order valence-corrected chi connectivity index (χ0v) is 9.54. The van der Waals surface area contributed by atoms with Crippen LogP contribution in [0.25, 0.3) is 0 Å². The molecule has 16 heavy (non-hydrogen) atoms. The van der Waals surface area contributed by atoms with E-state index in [1.54, 1.807) is 18.3 Å². The predicted molar refractivity (Wildman–Crippen MR) is 63.5 cm³/mol. The number of rotatable bonds is 2. The van der Waals surface area contributed by atoms with E-state index < -0.39 is 5.97 Å². The van der Waals surface area contributed by atoms with Gasteiger partial charge in [-0.15, -0.1) is 12.4 Å². The molecule has 1 aromatic rings. The molecule has 0 unspecified atom stereocenters. The molecule has 0 radical (unpaired) electrons. The van der Waals surface area contributed by atoms with E-state index in [0.717, 1.165) is 26.2 Å². The van der Waals surface area contributed by atoms with E-state index in [2.05, 4.69) is 10.3 Å². The first-order valence-electron chi connectivity index (χ1n) is 4.93. The molecule has 5 nitrogen and oxygen atoms in total. The molecule has 0 atom stereocenters. The van der Waals surface area contributed by atoms with Crippen molar-refractivity contribution in [1.82, 2.24) is 10.3 Å². The maximum atomic E-state index is 11.0. The minimum absolute atomic E-state index is 0. The highest BCUT2D eigenvalue weighted by atomic mass is 35.5. The van der Waals surface area contributed by atoms with Gasteiger partial charge in [-0.3, -0.25) is 0 Å². The van der Waals surface area contributed by atoms with Crippen LogP contribution in [-0.4, -0.2) is 42.2 Å². The molecule has 6 heteroatoms. The van der Waals surface area contributed by atoms with Crippen LogP contribution in [0.3, 0.4) is 0 Å². The first-order valence-corrected chi connectivity index (χ1v) is 4.93. The Hall–Kier alpha value is -1.33. The average molecular weight is 244 g/mol. The van der Waals surface area contributed by atoms with E-state index in [1.807, 2.05) is 4.90 Å². The number of carboxylic acid groups (broad SMARTS) is 1. The Morgan fingerprint density at radius 2 is 2.12 bits per heavy atom. The summed E-state index contributed by atoms with van der Waals surface area (Å²) in [4.78, 5) is 17.1. The van der Waals surface area contributed by atoms with Crippen LogP contribution in [-0.2, 0) is 0 Å². The Balaban J connectivity index is 0.00000128. The number of anilines is 1. The van der Waals surface area contributed by atoms with Gasteiger partial charge in [0.05, 0.1) is 0 Å². The number of aromatic carboxylic acids is 1. The van der Waals surface area contributed by atoms with Gasteiger partial charge in [0.1, 0.15) is 11.4 Å². The smallest absolute Gasteiger partial charge is 0.339 e. The van der Waals surface area contributed by atoms with Crippen LogP contribution in [0.4, 0.5) is 5.82 Å². The number of pyridine rings is 1. The van der Waals surface area contributed by atoms with Crippen LogP contribution in [0.2, 0.25) is 0 Å². The van der Waals surface area contributed by atoms with Crippen molar-refractivity contribution < 1.29 is 9.90 Å². The van der Waals surface area contributed by atoms with Crippen molar-refractivity contribution in [1.29, 1.82) is 0 Å². The van der Waals surface area contributed by atoms with Gasteiger partial charge in [0.15, 0.2) is 0 Å². The summed E-state index contributed by atoms with van der Waals surface area (Å²) >= 11 is 0. The third kappa shape index (κ3) is 2.62. The number of halogens is 1. The number of hydrogen-bond acceptors (Lipinski definition) is 4. The average Bonchev–Trinajstić information content (AvgIpc) is 2.30. The molecule has 0 amide bonds. The number of carboxylic acids is 1. The van der Waals surface area contributed by atoms with Crippen molar-refractivity contribution >= 4 is 24.2 Å². The summed E-state index contributed by atoms with van der Waals surface area (Å²) < 4.78 is 0. The van der Waals surface area contributed by atoms with E-state index in [-0.39, 0.29) is 18.0 Å². The molecule has 2 rings (SSSR count). The fraction of sp³-hybridized carbons (Fsp3) is 0.400. The van der Waals surface area contributed by atoms with Gasteiger partial charge in [0.2, 0.25) is 0 Å². The topological polar surface area (TPSA) is 65.5 Å². The van der Waals surface area contributed by atoms with Gasteiger partial charge in [-0.25, -0.2) is 9.78 Å². The summed E-state index contributed by atoms with van der Waals surface area (Å²) in [5, 5.41) is 12.2. The molecule has 0 bridgehead atoms. The Morgan fingerprint density at radius 1 is 1.44 bits per heavy atom. The quantitative estimate of drug-likeness (QED) is 0.797. The number of carbonyl (C=O) groups is 1. The zero-order chi connectivity index (χ0) is 10.7. The Kier molecular flexibility index (Phi) is 4.52. The van der Waals surface area contributed by atoms with Crippen molar-refractivity contribution in [2.45, 2.75) is 0 Å². The molecule has 1 aliphatic heterocycles. The SMILES string of the molecule is Cl.O=C(O)c1cccnc1N1CCNCC1. The summed E-state index contributed by atoms with van der Waals surface area (Å²) in [7, 11) is 0. The summed E-state index contributed by atoms with van der Waals surface area (Å²) in [6, 6.07) is 3.24. The van der Waals surface area contributed by atoms with Crippen LogP contribution in [0.15, 0.2) is 18.3 Å². The third-order valence-electron chi connectivity index (χ3n) is 2.43. The van der Waals surface area contributed by atoms with Gasteiger partial charge in [-0.2, -0.15) is 0 Å². The van der Waals surface area contributed by atoms with Crippen molar-refractivity contribution in [3.8, 4) is 0 Å². The first kappa shape index (κ1) is 12.7. The highest BCUT2D eigenvalue weighted by molar-refractivity contribution is 5.93. The number of piperazine rings is 1. The van der Waals surface area contributed by atoms with Crippen molar-refractivity contribution in [3.63, 3.8) is 0 Å². The maximum absolute atomic E-state index is 11.0. The molecule has 0 saturated carbocycles. The minimum atomic E-state index is -0.920. The highest BCUT2D eigenvalue weighted by Gasteiger charge is 2.18. The van der Waals surface area contributed by atoms with Crippen molar-refractivity contribution in [2.24, 2.45) is 0 Å². The normalized spacial score (nSPS) is 15.4. The molecule has 0 spiro atoms. The Morgan fingerprint density at radius 3 is 2.75 bits per heavy atom. The van der Waals surface area contributed by atoms with Crippen LogP contribution in [0, 0.1) is 0 Å². The lowest BCUT2D eigenvalue weighted by Gasteiger charge is -2.29. The highest BCUT2D eigenvalue weighted by Crippen LogP contribution is 2.17. The predicted octanol–water partition coefficient (Wildman–Crippen LogP) is 0.611. The van der Waals surface area contributed by atoms with Gasteiger partial charge in [-0.05, 0) is 12.1 Å². The van der Waals surface area contributed by atoms with Gasteiger partial charge >= 0.3 is 5.97 Å². The molecule has 1 aliphatic rings. The summed E-state index contributed by atoms with van der Waals surface area (Å²) in [5.74, 6) is -0.344. The monoisotopic (exact) mass is 243 g/mol. The zero-order valence-electron chi connectivity index (χ0n) is 8.72. The van der Waals surface area contributed by atoms with Crippen LogP contribution in [0.1, 0.15) is 10.4 Å². The lowest BCUT2D eigenvalue weighted by atomic mass is 10.2. The standard InChI is InChI=1S/C10H13N3O2.ClH/c14-10(15)8-2-1-3-12-9(8)13-6-4-11-5-7-13;/h1-3,11H,4-7H2,(H,14,15);1H. The van der Waals surface area contributed by atoms with E-state index in [1.165, 1.54) is 0 Å². The largest absolute Gasteiger partial charge is 0.478 e. The van der Waals surface area contributed by atoms with E-state index in [9.17, 15) is 4.79 Å². The molecule has 0 aromatic carbocycles. The van der Waals surface area contributed by atoms with E-state index in [4.69, 9.17) is 5.11 Å². The van der Waals surface area contributed by atoms with Crippen molar-refractivity contribution in [3.05, 3.63) is 23.9 Å². The molecular formula is C10H14ClN3O2. The van der Waals surface area contributed by atoms with Gasteiger partial charge in [0, 0.05) is 32.4 Å². The fourth-order valence-electron chi connectivity index (χ4n) is 1.69. The summed E-state index contributed by atoms with van der Waals surface area (Å²) in [6.45, 7) is 3.35. The maximum Gasteiger partial charge on any atom is 0.339 e. The Bertz CT molecular complexity index is 367. The lowest BCUT2D eigenvalue weighted by molar-refractivity contribution is 0.0697. The molecular weight excluding hydrogens is 230 g/mol. The third-order valence-corrected chi connectivity index (χ3v) is 2.43. The van der Waals surface area contributed by atoms with Crippen molar-refractivity contribution in [2.75, 3.05) is 31.1 Å².